The van der Waals surface area contributed by atoms with Crippen molar-refractivity contribution in [2.24, 2.45) is 5.10 Å². The molecule has 2 amide bonds. The van der Waals surface area contributed by atoms with Crippen LogP contribution in [-0.2, 0) is 9.53 Å². The molecule has 1 aromatic rings. The van der Waals surface area contributed by atoms with Crippen LogP contribution < -0.4 is 14.9 Å². The second kappa shape index (κ2) is 10.1. The van der Waals surface area contributed by atoms with Crippen LogP contribution in [0.15, 0.2) is 23.3 Å². The van der Waals surface area contributed by atoms with Crippen molar-refractivity contribution in [1.82, 2.24) is 10.3 Å². The highest BCUT2D eigenvalue weighted by molar-refractivity contribution is 5.82. The van der Waals surface area contributed by atoms with E-state index in [9.17, 15) is 9.59 Å². The smallest absolute Gasteiger partial charge is 0.427 e. The van der Waals surface area contributed by atoms with Crippen molar-refractivity contribution in [1.29, 1.82) is 0 Å². The molecule has 132 valence electrons. The summed E-state index contributed by atoms with van der Waals surface area (Å²) >= 11 is 0. The van der Waals surface area contributed by atoms with Crippen molar-refractivity contribution in [3.63, 3.8) is 0 Å². The Morgan fingerprint density at radius 3 is 2.54 bits per heavy atom. The molecular formula is C16H23N3O5. The number of likely N-dealkylation sites (N-methyl/N-ethyl adjacent to an activating group) is 1. The lowest BCUT2D eigenvalue weighted by atomic mass is 10.2. The summed E-state index contributed by atoms with van der Waals surface area (Å²) in [6.45, 7) is 4.19. The highest BCUT2D eigenvalue weighted by atomic mass is 16.5. The van der Waals surface area contributed by atoms with Crippen LogP contribution in [0.25, 0.3) is 0 Å². The van der Waals surface area contributed by atoms with Crippen molar-refractivity contribution in [2.45, 2.75) is 13.8 Å². The Hall–Kier alpha value is -2.77. The number of amides is 2. The highest BCUT2D eigenvalue weighted by Crippen LogP contribution is 2.28. The Bertz CT molecular complexity index is 587. The van der Waals surface area contributed by atoms with Crippen LogP contribution in [0.1, 0.15) is 19.4 Å². The van der Waals surface area contributed by atoms with Gasteiger partial charge in [0.15, 0.2) is 18.1 Å². The molecule has 0 aliphatic heterocycles. The van der Waals surface area contributed by atoms with Crippen LogP contribution in [0.3, 0.4) is 0 Å². The van der Waals surface area contributed by atoms with Crippen LogP contribution >= 0.6 is 0 Å². The quantitative estimate of drug-likeness (QED) is 0.575. The first-order valence-electron chi connectivity index (χ1n) is 7.53. The molecule has 8 heteroatoms. The molecule has 0 heterocycles. The minimum absolute atomic E-state index is 0.0784. The van der Waals surface area contributed by atoms with E-state index in [0.717, 1.165) is 0 Å². The summed E-state index contributed by atoms with van der Waals surface area (Å²) in [6.07, 6.45) is 0.828. The normalized spacial score (nSPS) is 10.3. The number of carbonyl (C=O) groups excluding carboxylic acids is 2. The third-order valence-electron chi connectivity index (χ3n) is 2.76. The van der Waals surface area contributed by atoms with E-state index in [2.05, 4.69) is 10.5 Å². The number of rotatable bonds is 8. The Morgan fingerprint density at radius 2 is 1.92 bits per heavy atom. The fourth-order valence-corrected chi connectivity index (χ4v) is 1.58. The summed E-state index contributed by atoms with van der Waals surface area (Å²) in [5.74, 6) is 0.799. The van der Waals surface area contributed by atoms with Crippen LogP contribution in [0, 0.1) is 0 Å². The van der Waals surface area contributed by atoms with Gasteiger partial charge in [-0.1, -0.05) is 0 Å². The molecule has 0 fully saturated rings. The lowest BCUT2D eigenvalue weighted by molar-refractivity contribution is -0.130. The largest absolute Gasteiger partial charge is 0.490 e. The number of hydrazone groups is 1. The Morgan fingerprint density at radius 1 is 1.17 bits per heavy atom. The lowest BCUT2D eigenvalue weighted by Crippen LogP contribution is -2.27. The van der Waals surface area contributed by atoms with Gasteiger partial charge in [-0.2, -0.15) is 5.10 Å². The summed E-state index contributed by atoms with van der Waals surface area (Å²) in [7, 11) is 3.32. The molecule has 24 heavy (non-hydrogen) atoms. The lowest BCUT2D eigenvalue weighted by Gasteiger charge is -2.14. The van der Waals surface area contributed by atoms with Gasteiger partial charge in [-0.25, -0.2) is 10.2 Å². The molecule has 0 radical (unpaired) electrons. The molecule has 0 saturated carbocycles. The zero-order valence-corrected chi connectivity index (χ0v) is 14.4. The summed E-state index contributed by atoms with van der Waals surface area (Å²) in [6, 6.07) is 5.11. The summed E-state index contributed by atoms with van der Waals surface area (Å²) in [5, 5.41) is 3.78. The maximum Gasteiger partial charge on any atom is 0.427 e. The average molecular weight is 337 g/mol. The molecular weight excluding hydrogens is 314 g/mol. The predicted octanol–water partition coefficient (Wildman–Crippen LogP) is 1.63. The maximum atomic E-state index is 11.6. The maximum absolute atomic E-state index is 11.6. The number of nitrogens with one attached hydrogen (secondary N) is 1. The minimum Gasteiger partial charge on any atom is -0.490 e. The molecule has 0 atom stereocenters. The first-order valence-corrected chi connectivity index (χ1v) is 7.53. The summed E-state index contributed by atoms with van der Waals surface area (Å²) in [4.78, 5) is 24.2. The van der Waals surface area contributed by atoms with Gasteiger partial charge < -0.3 is 19.1 Å². The van der Waals surface area contributed by atoms with Gasteiger partial charge in [-0.3, -0.25) is 4.79 Å². The molecule has 8 nitrogen and oxygen atoms in total. The van der Waals surface area contributed by atoms with E-state index in [4.69, 9.17) is 14.2 Å². The molecule has 0 aliphatic carbocycles. The van der Waals surface area contributed by atoms with Crippen molar-refractivity contribution in [3.05, 3.63) is 23.8 Å². The topological polar surface area (TPSA) is 89.5 Å². The zero-order chi connectivity index (χ0) is 17.9. The van der Waals surface area contributed by atoms with E-state index in [0.29, 0.717) is 23.7 Å². The molecule has 0 aromatic heterocycles. The van der Waals surface area contributed by atoms with Gasteiger partial charge in [0.05, 0.1) is 19.4 Å². The minimum atomic E-state index is -0.624. The number of nitrogens with zero attached hydrogens (tertiary/aromatic N) is 2. The van der Waals surface area contributed by atoms with Crippen LogP contribution in [0.5, 0.6) is 11.5 Å². The second-order valence-electron chi connectivity index (χ2n) is 4.81. The zero-order valence-electron chi connectivity index (χ0n) is 14.4. The molecule has 1 N–H and O–H groups in total. The molecule has 0 unspecified atom stereocenters. The van der Waals surface area contributed by atoms with Crippen LogP contribution in [-0.4, -0.2) is 57.0 Å². The third kappa shape index (κ3) is 6.55. The van der Waals surface area contributed by atoms with E-state index in [-0.39, 0.29) is 19.1 Å². The monoisotopic (exact) mass is 337 g/mol. The molecule has 1 rings (SSSR count). The van der Waals surface area contributed by atoms with E-state index in [1.807, 2.05) is 6.92 Å². The average Bonchev–Trinajstić information content (AvgIpc) is 2.54. The van der Waals surface area contributed by atoms with Gasteiger partial charge in [0.2, 0.25) is 0 Å². The van der Waals surface area contributed by atoms with Gasteiger partial charge in [-0.05, 0) is 37.6 Å². The van der Waals surface area contributed by atoms with Crippen molar-refractivity contribution >= 4 is 18.2 Å². The van der Waals surface area contributed by atoms with E-state index in [1.165, 1.54) is 11.1 Å². The Balaban J connectivity index is 2.76. The molecule has 1 aromatic carbocycles. The van der Waals surface area contributed by atoms with Gasteiger partial charge in [0, 0.05) is 14.1 Å². The van der Waals surface area contributed by atoms with Crippen molar-refractivity contribution < 1.29 is 23.8 Å². The fraction of sp³-hybridized carbons (Fsp3) is 0.438. The van der Waals surface area contributed by atoms with E-state index < -0.39 is 6.09 Å². The van der Waals surface area contributed by atoms with Crippen LogP contribution in [0.4, 0.5) is 4.79 Å². The number of ether oxygens (including phenoxy) is 3. The third-order valence-corrected chi connectivity index (χ3v) is 2.76. The SMILES string of the molecule is CCOC(=O)N/N=C\c1ccc(OCC(=O)N(C)C)c(OCC)c1. The Kier molecular flexibility index (Phi) is 8.10. The van der Waals surface area contributed by atoms with Gasteiger partial charge in [0.25, 0.3) is 5.91 Å². The predicted molar refractivity (Wildman–Crippen MR) is 89.6 cm³/mol. The van der Waals surface area contributed by atoms with E-state index >= 15 is 0 Å². The Labute approximate surface area is 141 Å². The summed E-state index contributed by atoms with van der Waals surface area (Å²) < 4.78 is 15.7. The van der Waals surface area contributed by atoms with Gasteiger partial charge in [0.1, 0.15) is 0 Å². The van der Waals surface area contributed by atoms with Crippen molar-refractivity contribution in [2.75, 3.05) is 33.9 Å². The van der Waals surface area contributed by atoms with Crippen LogP contribution in [0.2, 0.25) is 0 Å². The molecule has 0 spiro atoms. The first kappa shape index (κ1) is 19.3. The summed E-state index contributed by atoms with van der Waals surface area (Å²) in [5.41, 5.74) is 2.93. The number of carbonyl (C=O) groups is 2. The number of benzene rings is 1. The fourth-order valence-electron chi connectivity index (χ4n) is 1.58. The van der Waals surface area contributed by atoms with Gasteiger partial charge >= 0.3 is 6.09 Å². The van der Waals surface area contributed by atoms with E-state index in [1.54, 1.807) is 39.2 Å². The molecule has 0 aliphatic rings. The molecule has 0 saturated heterocycles. The number of hydrogen-bond acceptors (Lipinski definition) is 6. The van der Waals surface area contributed by atoms with Gasteiger partial charge in [-0.15, -0.1) is 0 Å². The highest BCUT2D eigenvalue weighted by Gasteiger charge is 2.10. The standard InChI is InChI=1S/C16H23N3O5/c1-5-22-14-9-12(10-17-18-16(21)23-6-2)7-8-13(14)24-11-15(20)19(3)4/h7-10H,5-6,11H2,1-4H3,(H,18,21)/b17-10-. The second-order valence-corrected chi connectivity index (χ2v) is 4.81. The first-order chi connectivity index (χ1) is 11.5. The molecule has 0 bridgehead atoms. The number of hydrogen-bond donors (Lipinski definition) is 1. The van der Waals surface area contributed by atoms with Crippen molar-refractivity contribution in [3.8, 4) is 11.5 Å².